The molecule has 0 aliphatic carbocycles. The molecule has 1 aromatic rings. The molecule has 3 amide bonds. The van der Waals surface area contributed by atoms with Gasteiger partial charge in [-0.15, -0.1) is 0 Å². The van der Waals surface area contributed by atoms with Crippen LogP contribution in [0.25, 0.3) is 0 Å². The van der Waals surface area contributed by atoms with Crippen molar-refractivity contribution in [2.75, 3.05) is 19.6 Å². The zero-order chi connectivity index (χ0) is 20.1. The first-order valence-electron chi connectivity index (χ1n) is 9.08. The Kier molecular flexibility index (Phi) is 7.18. The van der Waals surface area contributed by atoms with E-state index in [1.54, 1.807) is 9.80 Å². The molecule has 1 aliphatic heterocycles. The minimum Gasteiger partial charge on any atom is -0.343 e. The van der Waals surface area contributed by atoms with Crippen molar-refractivity contribution >= 4 is 29.3 Å². The van der Waals surface area contributed by atoms with E-state index in [2.05, 4.69) is 5.32 Å². The Labute approximate surface area is 163 Å². The van der Waals surface area contributed by atoms with E-state index in [0.29, 0.717) is 19.5 Å². The fourth-order valence-corrected chi connectivity index (χ4v) is 3.65. The molecule has 1 fully saturated rings. The van der Waals surface area contributed by atoms with Crippen LogP contribution in [-0.4, -0.2) is 59.2 Å². The van der Waals surface area contributed by atoms with Gasteiger partial charge in [-0.3, -0.25) is 14.4 Å². The summed E-state index contributed by atoms with van der Waals surface area (Å²) in [5.74, 6) is -1.73. The maximum Gasteiger partial charge on any atom is 0.256 e. The molecule has 27 heavy (non-hydrogen) atoms. The Bertz CT molecular complexity index is 708. The Morgan fingerprint density at radius 3 is 2.30 bits per heavy atom. The molecular formula is C19H25ClFN3O3. The van der Waals surface area contributed by atoms with Crippen molar-refractivity contribution in [3.63, 3.8) is 0 Å². The molecule has 0 unspecified atom stereocenters. The largest absolute Gasteiger partial charge is 0.343 e. The van der Waals surface area contributed by atoms with Crippen LogP contribution in [0.3, 0.4) is 0 Å². The average Bonchev–Trinajstić information content (AvgIpc) is 2.64. The topological polar surface area (TPSA) is 69.7 Å². The number of halogens is 2. The van der Waals surface area contributed by atoms with Gasteiger partial charge in [0, 0.05) is 32.1 Å². The number of hydrogen-bond donors (Lipinski definition) is 1. The molecule has 0 aromatic heterocycles. The summed E-state index contributed by atoms with van der Waals surface area (Å²) in [6.07, 6.45) is 1.43. The Hall–Kier alpha value is -2.15. The molecule has 1 saturated heterocycles. The smallest absolute Gasteiger partial charge is 0.256 e. The Morgan fingerprint density at radius 1 is 1.15 bits per heavy atom. The lowest BCUT2D eigenvalue weighted by Gasteiger charge is -2.46. The number of rotatable bonds is 5. The first-order chi connectivity index (χ1) is 12.8. The third-order valence-electron chi connectivity index (χ3n) is 4.95. The van der Waals surface area contributed by atoms with Gasteiger partial charge in [-0.05, 0) is 25.0 Å². The first kappa shape index (κ1) is 21.2. The van der Waals surface area contributed by atoms with Gasteiger partial charge in [0.2, 0.25) is 11.8 Å². The number of amides is 3. The van der Waals surface area contributed by atoms with Crippen LogP contribution in [0.1, 0.15) is 44.0 Å². The maximum absolute atomic E-state index is 13.8. The second-order valence-electron chi connectivity index (χ2n) is 6.62. The quantitative estimate of drug-likeness (QED) is 0.829. The standard InChI is InChI=1S/C19H25ClFN3O3/c1-4-13-11-24(14(5-2)10-23(13)12(3)25)17(26)9-22-19(27)18-15(20)7-6-8-16(18)21/h6-8,13-14H,4-5,9-11H2,1-3H3,(H,22,27)/t13-,14-/m1/s1. The van der Waals surface area contributed by atoms with Gasteiger partial charge in [-0.2, -0.15) is 0 Å². The number of carbonyl (C=O) groups excluding carboxylic acids is 3. The zero-order valence-electron chi connectivity index (χ0n) is 15.8. The van der Waals surface area contributed by atoms with E-state index in [1.165, 1.54) is 19.1 Å². The van der Waals surface area contributed by atoms with Gasteiger partial charge in [0.05, 0.1) is 17.1 Å². The number of nitrogens with zero attached hydrogens (tertiary/aromatic N) is 2. The molecule has 1 N–H and O–H groups in total. The highest BCUT2D eigenvalue weighted by atomic mass is 35.5. The minimum atomic E-state index is -0.736. The summed E-state index contributed by atoms with van der Waals surface area (Å²) < 4.78 is 13.8. The fourth-order valence-electron chi connectivity index (χ4n) is 3.40. The summed E-state index contributed by atoms with van der Waals surface area (Å²) in [4.78, 5) is 40.3. The van der Waals surface area contributed by atoms with E-state index in [-0.39, 0.29) is 41.0 Å². The third-order valence-corrected chi connectivity index (χ3v) is 5.27. The van der Waals surface area contributed by atoms with E-state index in [9.17, 15) is 18.8 Å². The molecule has 1 aliphatic rings. The average molecular weight is 398 g/mol. The van der Waals surface area contributed by atoms with Crippen LogP contribution in [-0.2, 0) is 9.59 Å². The van der Waals surface area contributed by atoms with Crippen LogP contribution in [0.5, 0.6) is 0 Å². The summed E-state index contributed by atoms with van der Waals surface area (Å²) in [7, 11) is 0. The van der Waals surface area contributed by atoms with Gasteiger partial charge in [0.1, 0.15) is 5.82 Å². The molecule has 2 atom stereocenters. The van der Waals surface area contributed by atoms with Gasteiger partial charge < -0.3 is 15.1 Å². The van der Waals surface area contributed by atoms with Gasteiger partial charge in [0.15, 0.2) is 0 Å². The van der Waals surface area contributed by atoms with Crippen molar-refractivity contribution in [2.24, 2.45) is 0 Å². The second kappa shape index (κ2) is 9.17. The second-order valence-corrected chi connectivity index (χ2v) is 7.03. The Morgan fingerprint density at radius 2 is 1.74 bits per heavy atom. The maximum atomic E-state index is 13.8. The lowest BCUT2D eigenvalue weighted by Crippen LogP contribution is -2.61. The predicted octanol–water partition coefficient (Wildman–Crippen LogP) is 2.46. The van der Waals surface area contributed by atoms with Crippen LogP contribution < -0.4 is 5.32 Å². The number of piperazine rings is 1. The van der Waals surface area contributed by atoms with Crippen molar-refractivity contribution in [3.05, 3.63) is 34.6 Å². The molecular weight excluding hydrogens is 373 g/mol. The number of benzene rings is 1. The summed E-state index contributed by atoms with van der Waals surface area (Å²) >= 11 is 5.88. The van der Waals surface area contributed by atoms with E-state index < -0.39 is 11.7 Å². The molecule has 2 rings (SSSR count). The van der Waals surface area contributed by atoms with Gasteiger partial charge in [-0.25, -0.2) is 4.39 Å². The summed E-state index contributed by atoms with van der Waals surface area (Å²) in [5, 5.41) is 2.45. The summed E-state index contributed by atoms with van der Waals surface area (Å²) in [5.41, 5.74) is -0.271. The predicted molar refractivity (Wildman–Crippen MR) is 101 cm³/mol. The number of nitrogens with one attached hydrogen (secondary N) is 1. The lowest BCUT2D eigenvalue weighted by atomic mass is 10.0. The summed E-state index contributed by atoms with van der Waals surface area (Å²) in [6, 6.07) is 3.80. The number of carbonyl (C=O) groups is 3. The van der Waals surface area contributed by atoms with Gasteiger partial charge in [0.25, 0.3) is 5.91 Å². The van der Waals surface area contributed by atoms with E-state index in [4.69, 9.17) is 11.6 Å². The third kappa shape index (κ3) is 4.77. The Balaban J connectivity index is 2.06. The molecule has 0 bridgehead atoms. The molecule has 0 saturated carbocycles. The highest BCUT2D eigenvalue weighted by Crippen LogP contribution is 2.21. The van der Waals surface area contributed by atoms with Crippen molar-refractivity contribution in [1.29, 1.82) is 0 Å². The molecule has 0 radical (unpaired) electrons. The highest BCUT2D eigenvalue weighted by Gasteiger charge is 2.35. The molecule has 148 valence electrons. The monoisotopic (exact) mass is 397 g/mol. The van der Waals surface area contributed by atoms with E-state index >= 15 is 0 Å². The minimum absolute atomic E-state index is 0.00473. The fraction of sp³-hybridized carbons (Fsp3) is 0.526. The van der Waals surface area contributed by atoms with E-state index in [1.807, 2.05) is 13.8 Å². The van der Waals surface area contributed by atoms with Crippen LogP contribution in [0, 0.1) is 5.82 Å². The molecule has 8 heteroatoms. The van der Waals surface area contributed by atoms with Crippen LogP contribution in [0.2, 0.25) is 5.02 Å². The zero-order valence-corrected chi connectivity index (χ0v) is 16.6. The van der Waals surface area contributed by atoms with Crippen molar-refractivity contribution in [1.82, 2.24) is 15.1 Å². The SMILES string of the molecule is CC[C@@H]1CN(C(=O)CNC(=O)c2c(F)cccc2Cl)[C@H](CC)CN1C(C)=O. The van der Waals surface area contributed by atoms with Crippen molar-refractivity contribution in [2.45, 2.75) is 45.7 Å². The van der Waals surface area contributed by atoms with Crippen molar-refractivity contribution in [3.8, 4) is 0 Å². The lowest BCUT2D eigenvalue weighted by molar-refractivity contribution is -0.145. The van der Waals surface area contributed by atoms with Crippen LogP contribution in [0.4, 0.5) is 4.39 Å². The van der Waals surface area contributed by atoms with Crippen LogP contribution >= 0.6 is 11.6 Å². The molecule has 1 aromatic carbocycles. The molecule has 0 spiro atoms. The van der Waals surface area contributed by atoms with Gasteiger partial charge >= 0.3 is 0 Å². The highest BCUT2D eigenvalue weighted by molar-refractivity contribution is 6.33. The normalized spacial score (nSPS) is 19.7. The first-order valence-corrected chi connectivity index (χ1v) is 9.46. The molecule has 1 heterocycles. The van der Waals surface area contributed by atoms with Gasteiger partial charge in [-0.1, -0.05) is 31.5 Å². The summed E-state index contributed by atoms with van der Waals surface area (Å²) in [6.45, 7) is 6.10. The molecule has 6 nitrogen and oxygen atoms in total. The van der Waals surface area contributed by atoms with Crippen molar-refractivity contribution < 1.29 is 18.8 Å². The van der Waals surface area contributed by atoms with E-state index in [0.717, 1.165) is 12.5 Å². The van der Waals surface area contributed by atoms with Crippen LogP contribution in [0.15, 0.2) is 18.2 Å². The number of hydrogen-bond acceptors (Lipinski definition) is 3.